The molecule has 0 unspecified atom stereocenters. The molecule has 2 aliphatic rings. The number of likely N-dealkylation sites (tertiary alicyclic amines) is 1. The van der Waals surface area contributed by atoms with E-state index in [0.717, 1.165) is 32.4 Å². The second kappa shape index (κ2) is 8.85. The number of pyridine rings is 1. The summed E-state index contributed by atoms with van der Waals surface area (Å²) in [4.78, 5) is 18.2. The van der Waals surface area contributed by atoms with Gasteiger partial charge < -0.3 is 20.7 Å². The number of rotatable bonds is 7. The van der Waals surface area contributed by atoms with Crippen molar-refractivity contribution in [2.45, 2.75) is 44.4 Å². The molecule has 9 nitrogen and oxygen atoms in total. The summed E-state index contributed by atoms with van der Waals surface area (Å²) in [7, 11) is 0. The number of aromatic nitrogens is 3. The van der Waals surface area contributed by atoms with Gasteiger partial charge in [0.05, 0.1) is 29.9 Å². The monoisotopic (exact) mass is 431 g/mol. The summed E-state index contributed by atoms with van der Waals surface area (Å²) in [6.45, 7) is -0.790. The smallest absolute Gasteiger partial charge is 0.388 e. The van der Waals surface area contributed by atoms with Crippen LogP contribution in [-0.4, -0.2) is 51.3 Å². The molecular weight excluding hydrogens is 408 g/mol. The van der Waals surface area contributed by atoms with E-state index in [1.807, 2.05) is 0 Å². The summed E-state index contributed by atoms with van der Waals surface area (Å²) < 4.78 is 30.4. The molecule has 0 radical (unpaired) electrons. The van der Waals surface area contributed by atoms with Gasteiger partial charge in [-0.2, -0.15) is 19.1 Å². The second-order valence-corrected chi connectivity index (χ2v) is 7.78. The number of nitriles is 1. The van der Waals surface area contributed by atoms with Crippen LogP contribution in [0.3, 0.4) is 0 Å². The van der Waals surface area contributed by atoms with Crippen molar-refractivity contribution in [3.05, 3.63) is 30.1 Å². The number of nitrogens with zero attached hydrogens (tertiary/aromatic N) is 5. The number of carbonyl (C=O) groups excluding carboxylic acids is 1. The van der Waals surface area contributed by atoms with Crippen LogP contribution in [0.2, 0.25) is 0 Å². The van der Waals surface area contributed by atoms with Crippen molar-refractivity contribution < 1.29 is 18.3 Å². The second-order valence-electron chi connectivity index (χ2n) is 7.78. The van der Waals surface area contributed by atoms with E-state index in [-0.39, 0.29) is 29.2 Å². The molecule has 4 rings (SSSR count). The third-order valence-electron chi connectivity index (χ3n) is 5.91. The summed E-state index contributed by atoms with van der Waals surface area (Å²) in [5.74, 6) is -0.891. The third kappa shape index (κ3) is 4.59. The standard InChI is InChI=1S/C20H23F2N7O2/c21-20(22)31-17-5-2-13(10-25-17)26-19-15(18(24)30)11-29(27-19)16-4-3-14(8-12(16)9-23)28-6-1-7-28/h2,5,10-12,14,16,20H,1,3-4,6-8H2,(H2,24,30)(H,26,27)/t12-,14+,16+/m1/s1. The van der Waals surface area contributed by atoms with Gasteiger partial charge in [-0.25, -0.2) is 4.98 Å². The molecule has 0 aromatic carbocycles. The van der Waals surface area contributed by atoms with Gasteiger partial charge in [0, 0.05) is 18.3 Å². The fourth-order valence-electron chi connectivity index (χ4n) is 4.21. The Morgan fingerprint density at radius 2 is 2.16 bits per heavy atom. The summed E-state index contributed by atoms with van der Waals surface area (Å²) in [5.41, 5.74) is 6.12. The summed E-state index contributed by atoms with van der Waals surface area (Å²) in [6.07, 6.45) is 6.57. The van der Waals surface area contributed by atoms with E-state index in [4.69, 9.17) is 5.73 Å². The van der Waals surface area contributed by atoms with Crippen molar-refractivity contribution in [2.24, 2.45) is 11.7 Å². The lowest BCUT2D eigenvalue weighted by molar-refractivity contribution is -0.0528. The minimum absolute atomic E-state index is 0.156. The van der Waals surface area contributed by atoms with Crippen molar-refractivity contribution in [1.29, 1.82) is 5.26 Å². The van der Waals surface area contributed by atoms with Gasteiger partial charge in [-0.1, -0.05) is 0 Å². The quantitative estimate of drug-likeness (QED) is 0.691. The maximum Gasteiger partial charge on any atom is 0.388 e. The van der Waals surface area contributed by atoms with Crippen LogP contribution >= 0.6 is 0 Å². The number of alkyl halides is 2. The van der Waals surface area contributed by atoms with Gasteiger partial charge in [0.25, 0.3) is 5.91 Å². The fraction of sp³-hybridized carbons (Fsp3) is 0.500. The molecule has 0 bridgehead atoms. The Kier molecular flexibility index (Phi) is 5.99. The Labute approximate surface area is 177 Å². The highest BCUT2D eigenvalue weighted by atomic mass is 19.3. The first-order valence-corrected chi connectivity index (χ1v) is 10.1. The summed E-state index contributed by atoms with van der Waals surface area (Å²) in [6, 6.07) is 5.42. The molecule has 2 aromatic heterocycles. The van der Waals surface area contributed by atoms with E-state index in [0.29, 0.717) is 11.7 Å². The molecular formula is C20H23F2N7O2. The first kappa shape index (κ1) is 21.0. The number of ether oxygens (including phenoxy) is 1. The first-order valence-electron chi connectivity index (χ1n) is 10.1. The molecule has 1 saturated heterocycles. The number of hydrogen-bond donors (Lipinski definition) is 2. The molecule has 31 heavy (non-hydrogen) atoms. The lowest BCUT2D eigenvalue weighted by Gasteiger charge is -2.43. The summed E-state index contributed by atoms with van der Waals surface area (Å²) >= 11 is 0. The largest absolute Gasteiger partial charge is 0.417 e. The number of halogens is 2. The third-order valence-corrected chi connectivity index (χ3v) is 5.91. The predicted octanol–water partition coefficient (Wildman–Crippen LogP) is 2.66. The van der Waals surface area contributed by atoms with Crippen LogP contribution in [0.1, 0.15) is 42.1 Å². The van der Waals surface area contributed by atoms with Crippen molar-refractivity contribution in [3.8, 4) is 11.9 Å². The SMILES string of the molecule is N#C[C@H]1C[C@@H](N2CCC2)CC[C@@H]1n1cc(C(N)=O)c(Nc2ccc(OC(F)F)nc2)n1. The zero-order chi connectivity index (χ0) is 22.0. The molecule has 2 aromatic rings. The van der Waals surface area contributed by atoms with E-state index < -0.39 is 12.5 Å². The fourth-order valence-corrected chi connectivity index (χ4v) is 4.21. The normalized spacial score (nSPS) is 23.7. The van der Waals surface area contributed by atoms with Gasteiger partial charge in [-0.05, 0) is 44.8 Å². The van der Waals surface area contributed by atoms with Crippen molar-refractivity contribution in [3.63, 3.8) is 0 Å². The molecule has 3 atom stereocenters. The number of carbonyl (C=O) groups is 1. The average Bonchev–Trinajstić information content (AvgIpc) is 3.11. The van der Waals surface area contributed by atoms with E-state index in [1.165, 1.54) is 24.8 Å². The zero-order valence-corrected chi connectivity index (χ0v) is 16.7. The van der Waals surface area contributed by atoms with Crippen molar-refractivity contribution >= 4 is 17.4 Å². The first-order chi connectivity index (χ1) is 14.9. The Morgan fingerprint density at radius 1 is 1.35 bits per heavy atom. The van der Waals surface area contributed by atoms with Crippen LogP contribution in [-0.2, 0) is 0 Å². The summed E-state index contributed by atoms with van der Waals surface area (Å²) in [5, 5.41) is 17.2. The Morgan fingerprint density at radius 3 is 2.74 bits per heavy atom. The van der Waals surface area contributed by atoms with Crippen molar-refractivity contribution in [1.82, 2.24) is 19.7 Å². The molecule has 3 heterocycles. The lowest BCUT2D eigenvalue weighted by atomic mass is 9.81. The van der Waals surface area contributed by atoms with Crippen LogP contribution in [0.4, 0.5) is 20.3 Å². The maximum absolute atomic E-state index is 12.3. The number of primary amides is 1. The molecule has 1 aliphatic heterocycles. The molecule has 1 saturated carbocycles. The number of amides is 1. The average molecular weight is 431 g/mol. The molecule has 2 fully saturated rings. The minimum atomic E-state index is -2.97. The molecule has 11 heteroatoms. The van der Waals surface area contributed by atoms with Gasteiger partial charge in [-0.15, -0.1) is 0 Å². The predicted molar refractivity (Wildman–Crippen MR) is 107 cm³/mol. The molecule has 1 aliphatic carbocycles. The Bertz CT molecular complexity index is 969. The molecule has 0 spiro atoms. The van der Waals surface area contributed by atoms with Crippen molar-refractivity contribution in [2.75, 3.05) is 18.4 Å². The van der Waals surface area contributed by atoms with E-state index in [2.05, 4.69) is 31.1 Å². The highest BCUT2D eigenvalue weighted by molar-refractivity contribution is 5.98. The Balaban J connectivity index is 1.52. The number of nitrogens with one attached hydrogen (secondary N) is 1. The van der Waals surface area contributed by atoms with Crippen LogP contribution in [0.15, 0.2) is 24.5 Å². The highest BCUT2D eigenvalue weighted by Crippen LogP contribution is 2.37. The topological polar surface area (TPSA) is 122 Å². The van der Waals surface area contributed by atoms with Crippen LogP contribution < -0.4 is 15.8 Å². The van der Waals surface area contributed by atoms with Crippen LogP contribution in [0, 0.1) is 17.2 Å². The minimum Gasteiger partial charge on any atom is -0.417 e. The van der Waals surface area contributed by atoms with E-state index >= 15 is 0 Å². The zero-order valence-electron chi connectivity index (χ0n) is 16.7. The maximum atomic E-state index is 12.3. The molecule has 3 N–H and O–H groups in total. The van der Waals surface area contributed by atoms with Gasteiger partial charge >= 0.3 is 6.61 Å². The van der Waals surface area contributed by atoms with Gasteiger partial charge in [0.1, 0.15) is 5.56 Å². The molecule has 1 amide bonds. The van der Waals surface area contributed by atoms with E-state index in [9.17, 15) is 18.8 Å². The number of anilines is 2. The number of hydrogen-bond acceptors (Lipinski definition) is 7. The molecule has 164 valence electrons. The van der Waals surface area contributed by atoms with Crippen LogP contribution in [0.25, 0.3) is 0 Å². The highest BCUT2D eigenvalue weighted by Gasteiger charge is 2.37. The van der Waals surface area contributed by atoms with Gasteiger partial charge in [0.2, 0.25) is 5.88 Å². The van der Waals surface area contributed by atoms with Gasteiger partial charge in [0.15, 0.2) is 5.82 Å². The van der Waals surface area contributed by atoms with Crippen LogP contribution in [0.5, 0.6) is 5.88 Å². The van der Waals surface area contributed by atoms with E-state index in [1.54, 1.807) is 10.9 Å². The van der Waals surface area contributed by atoms with Gasteiger partial charge in [-0.3, -0.25) is 9.48 Å². The Hall–Kier alpha value is -3.26. The number of nitrogens with two attached hydrogens (primary N) is 1. The lowest BCUT2D eigenvalue weighted by Crippen LogP contribution is -2.48.